The highest BCUT2D eigenvalue weighted by molar-refractivity contribution is 6.08. The van der Waals surface area contributed by atoms with Crippen LogP contribution in [0.4, 0.5) is 5.69 Å². The fraction of sp³-hybridized carbons (Fsp3) is 0.345. The average Bonchev–Trinajstić information content (AvgIpc) is 3.49. The van der Waals surface area contributed by atoms with Crippen LogP contribution in [0.2, 0.25) is 0 Å². The Kier molecular flexibility index (Phi) is 4.75. The maximum Gasteiger partial charge on any atom is 0.338 e. The molecule has 6 rings (SSSR count). The zero-order valence-electron chi connectivity index (χ0n) is 20.0. The molecule has 0 aliphatic carbocycles. The number of hydrogen-bond acceptors (Lipinski definition) is 4. The summed E-state index contributed by atoms with van der Waals surface area (Å²) < 4.78 is 17.8. The summed E-state index contributed by atoms with van der Waals surface area (Å²) in [5, 5.41) is 0. The molecule has 174 valence electrons. The monoisotopic (exact) mass is 456 g/mol. The summed E-state index contributed by atoms with van der Waals surface area (Å²) in [6, 6.07) is 20.7. The highest BCUT2D eigenvalue weighted by Crippen LogP contribution is 2.57. The van der Waals surface area contributed by atoms with Gasteiger partial charge in [-0.05, 0) is 31.4 Å². The van der Waals surface area contributed by atoms with E-state index in [1.54, 1.807) is 0 Å². The quantitative estimate of drug-likeness (QED) is 0.476. The molecule has 0 saturated heterocycles. The van der Waals surface area contributed by atoms with E-state index >= 15 is 0 Å². The number of carbonyl (C=O) groups excluding carboxylic acids is 1. The van der Waals surface area contributed by atoms with Gasteiger partial charge in [-0.1, -0.05) is 61.9 Å². The van der Waals surface area contributed by atoms with Crippen LogP contribution < -0.4 is 18.7 Å². The van der Waals surface area contributed by atoms with Crippen LogP contribution in [0.1, 0.15) is 42.5 Å². The molecule has 0 radical (unpaired) electrons. The van der Waals surface area contributed by atoms with Gasteiger partial charge in [0.1, 0.15) is 24.6 Å². The van der Waals surface area contributed by atoms with Crippen LogP contribution in [-0.2, 0) is 16.8 Å². The van der Waals surface area contributed by atoms with Crippen LogP contribution in [-0.4, -0.2) is 25.9 Å². The first-order chi connectivity index (χ1) is 16.4. The molecule has 0 saturated carbocycles. The fourth-order valence-electron chi connectivity index (χ4n) is 5.90. The predicted octanol–water partition coefficient (Wildman–Crippen LogP) is 5.50. The van der Waals surface area contributed by atoms with Gasteiger partial charge in [-0.15, -0.1) is 0 Å². The van der Waals surface area contributed by atoms with Crippen molar-refractivity contribution in [2.24, 2.45) is 5.92 Å². The van der Waals surface area contributed by atoms with Crippen molar-refractivity contribution in [3.05, 3.63) is 82.9 Å². The number of nitrogens with zero attached hydrogens (tertiary/aromatic N) is 1. The molecule has 3 aliphatic heterocycles. The van der Waals surface area contributed by atoms with E-state index in [1.807, 2.05) is 18.2 Å². The molecule has 0 aromatic heterocycles. The first kappa shape index (κ1) is 21.2. The predicted molar refractivity (Wildman–Crippen MR) is 131 cm³/mol. The Labute approximate surface area is 200 Å². The minimum absolute atomic E-state index is 0.188. The molecular weight excluding hydrogens is 426 g/mol. The number of aryl methyl sites for hydroxylation is 1. The molecule has 0 bridgehead atoms. The van der Waals surface area contributed by atoms with Crippen molar-refractivity contribution < 1.29 is 19.0 Å². The lowest BCUT2D eigenvalue weighted by Gasteiger charge is -2.34. The van der Waals surface area contributed by atoms with Gasteiger partial charge in [0.05, 0.1) is 6.54 Å². The molecule has 3 aromatic rings. The Hall–Kier alpha value is -3.31. The third-order valence-electron chi connectivity index (χ3n) is 7.58. The summed E-state index contributed by atoms with van der Waals surface area (Å²) in [5.74, 6) is 2.75. The van der Waals surface area contributed by atoms with Crippen LogP contribution in [0.3, 0.4) is 0 Å². The van der Waals surface area contributed by atoms with E-state index in [4.69, 9.17) is 14.2 Å². The molecule has 1 spiro atoms. The maximum absolute atomic E-state index is 14.9. The van der Waals surface area contributed by atoms with E-state index in [0.717, 1.165) is 29.8 Å². The summed E-state index contributed by atoms with van der Waals surface area (Å²) in [4.78, 5) is 14.9. The largest absolute Gasteiger partial charge is 0.491 e. The lowest BCUT2D eigenvalue weighted by Crippen LogP contribution is -2.57. The molecule has 0 fully saturated rings. The standard InChI is InChI=1S/C29H30NO4/c1-19(2)11-12-30(16-21-8-6-7-20(3)13-21)24-10-5-4-9-22(24)29(28(30)31)17-32-25-15-27-26(14-23(25)29)33-18-34-27/h4-10,13-15,19H,11-12,16-18H2,1-3H3/q+1. The first-order valence-corrected chi connectivity index (χ1v) is 12.1. The first-order valence-electron chi connectivity index (χ1n) is 12.1. The van der Waals surface area contributed by atoms with Crippen LogP contribution in [0.25, 0.3) is 0 Å². The van der Waals surface area contributed by atoms with Gasteiger partial charge in [-0.25, -0.2) is 9.28 Å². The van der Waals surface area contributed by atoms with E-state index in [0.29, 0.717) is 40.8 Å². The van der Waals surface area contributed by atoms with Crippen molar-refractivity contribution >= 4 is 11.6 Å². The molecule has 3 aromatic carbocycles. The van der Waals surface area contributed by atoms with E-state index in [2.05, 4.69) is 63.2 Å². The summed E-state index contributed by atoms with van der Waals surface area (Å²) >= 11 is 0. The van der Waals surface area contributed by atoms with Crippen LogP contribution >= 0.6 is 0 Å². The molecule has 1 amide bonds. The molecule has 2 unspecified atom stereocenters. The van der Waals surface area contributed by atoms with Gasteiger partial charge in [0.2, 0.25) is 6.79 Å². The highest BCUT2D eigenvalue weighted by atomic mass is 16.7. The van der Waals surface area contributed by atoms with Crippen molar-refractivity contribution in [3.8, 4) is 17.2 Å². The molecule has 0 N–H and O–H groups in total. The zero-order chi connectivity index (χ0) is 23.5. The summed E-state index contributed by atoms with van der Waals surface area (Å²) in [6.07, 6.45) is 0.955. The molecule has 5 heteroatoms. The van der Waals surface area contributed by atoms with E-state index in [9.17, 15) is 4.79 Å². The van der Waals surface area contributed by atoms with Crippen molar-refractivity contribution in [2.75, 3.05) is 19.9 Å². The zero-order valence-corrected chi connectivity index (χ0v) is 20.0. The highest BCUT2D eigenvalue weighted by Gasteiger charge is 2.66. The number of benzene rings is 3. The molecular formula is C29H30NO4+. The van der Waals surface area contributed by atoms with E-state index < -0.39 is 5.41 Å². The fourth-order valence-corrected chi connectivity index (χ4v) is 5.90. The Morgan fingerprint density at radius 1 is 0.912 bits per heavy atom. The average molecular weight is 457 g/mol. The van der Waals surface area contributed by atoms with E-state index in [1.165, 1.54) is 11.1 Å². The van der Waals surface area contributed by atoms with Gasteiger partial charge in [0.15, 0.2) is 16.9 Å². The third kappa shape index (κ3) is 2.93. The molecule has 3 aliphatic rings. The van der Waals surface area contributed by atoms with Crippen molar-refractivity contribution in [2.45, 2.75) is 39.2 Å². The lowest BCUT2D eigenvalue weighted by molar-refractivity contribution is -0.134. The Morgan fingerprint density at radius 2 is 1.71 bits per heavy atom. The van der Waals surface area contributed by atoms with E-state index in [-0.39, 0.29) is 12.7 Å². The number of fused-ring (bicyclic) bond motifs is 5. The number of quaternary nitrogens is 1. The Bertz CT molecular complexity index is 1300. The van der Waals surface area contributed by atoms with Crippen molar-refractivity contribution in [3.63, 3.8) is 0 Å². The number of ether oxygens (including phenoxy) is 3. The van der Waals surface area contributed by atoms with Crippen LogP contribution in [0.15, 0.2) is 60.7 Å². The summed E-state index contributed by atoms with van der Waals surface area (Å²) in [5.41, 5.74) is 4.55. The normalized spacial score (nSPS) is 23.9. The minimum atomic E-state index is -0.853. The maximum atomic E-state index is 14.9. The van der Waals surface area contributed by atoms with Crippen molar-refractivity contribution in [1.29, 1.82) is 0 Å². The number of para-hydroxylation sites is 1. The van der Waals surface area contributed by atoms with Gasteiger partial charge >= 0.3 is 5.91 Å². The van der Waals surface area contributed by atoms with Gasteiger partial charge < -0.3 is 14.2 Å². The second-order valence-electron chi connectivity index (χ2n) is 10.2. The molecule has 5 nitrogen and oxygen atoms in total. The van der Waals surface area contributed by atoms with Gasteiger partial charge in [0, 0.05) is 22.8 Å². The Morgan fingerprint density at radius 3 is 2.50 bits per heavy atom. The molecule has 34 heavy (non-hydrogen) atoms. The number of rotatable bonds is 5. The van der Waals surface area contributed by atoms with Gasteiger partial charge in [0.25, 0.3) is 0 Å². The number of amides is 1. The topological polar surface area (TPSA) is 44.8 Å². The minimum Gasteiger partial charge on any atom is -0.491 e. The second-order valence-corrected chi connectivity index (χ2v) is 10.2. The third-order valence-corrected chi connectivity index (χ3v) is 7.58. The molecule has 3 heterocycles. The summed E-state index contributed by atoms with van der Waals surface area (Å²) in [7, 11) is 0. The molecule has 2 atom stereocenters. The second kappa shape index (κ2) is 7.60. The number of hydrogen-bond donors (Lipinski definition) is 0. The van der Waals surface area contributed by atoms with Gasteiger partial charge in [-0.3, -0.25) is 0 Å². The summed E-state index contributed by atoms with van der Waals surface area (Å²) in [6.45, 7) is 8.43. The smallest absolute Gasteiger partial charge is 0.338 e. The SMILES string of the molecule is Cc1cccc(C[N+]2(CCC(C)C)C(=O)C3(COc4cc5c(cc43)OCO5)c3ccccc32)c1. The van der Waals surface area contributed by atoms with Crippen LogP contribution in [0.5, 0.6) is 17.2 Å². The van der Waals surface area contributed by atoms with Gasteiger partial charge in [-0.2, -0.15) is 0 Å². The van der Waals surface area contributed by atoms with Crippen molar-refractivity contribution in [1.82, 2.24) is 4.48 Å². The van der Waals surface area contributed by atoms with Crippen LogP contribution in [0, 0.1) is 12.8 Å². The lowest BCUT2D eigenvalue weighted by atomic mass is 9.77. The number of carbonyl (C=O) groups is 1. The Balaban J connectivity index is 1.56.